The molecule has 9 nitrogen and oxygen atoms in total. The van der Waals surface area contributed by atoms with Crippen LogP contribution in [0.15, 0.2) is 48.5 Å². The van der Waals surface area contributed by atoms with Crippen LogP contribution in [0.3, 0.4) is 0 Å². The van der Waals surface area contributed by atoms with Crippen LogP contribution in [0.5, 0.6) is 0 Å². The van der Waals surface area contributed by atoms with Crippen molar-refractivity contribution in [2.45, 2.75) is 26.2 Å². The summed E-state index contributed by atoms with van der Waals surface area (Å²) in [6.45, 7) is 1.35. The number of nitro groups is 1. The number of non-ortho nitro benzene ring substituents is 1. The molecule has 1 heterocycles. The number of hydrazine groups is 1. The van der Waals surface area contributed by atoms with E-state index in [1.54, 1.807) is 24.3 Å². The minimum atomic E-state index is -0.807. The van der Waals surface area contributed by atoms with Gasteiger partial charge in [-0.25, -0.2) is 5.01 Å². The molecule has 0 unspecified atom stereocenters. The lowest BCUT2D eigenvalue weighted by atomic mass is 9.81. The third-order valence-electron chi connectivity index (χ3n) is 7.35. The molecule has 34 heavy (non-hydrogen) atoms. The molecule has 0 spiro atoms. The van der Waals surface area contributed by atoms with Crippen molar-refractivity contribution in [1.29, 1.82) is 0 Å². The molecule has 2 bridgehead atoms. The van der Waals surface area contributed by atoms with Crippen molar-refractivity contribution in [3.63, 3.8) is 0 Å². The third-order valence-corrected chi connectivity index (χ3v) is 7.35. The Bertz CT molecular complexity index is 1200. The molecule has 5 rings (SSSR count). The largest absolute Gasteiger partial charge is 0.292 e. The molecule has 2 saturated carbocycles. The number of nitro benzene ring substituents is 1. The van der Waals surface area contributed by atoms with Gasteiger partial charge in [0.2, 0.25) is 0 Å². The van der Waals surface area contributed by atoms with Crippen molar-refractivity contribution < 1.29 is 24.1 Å². The summed E-state index contributed by atoms with van der Waals surface area (Å²) in [4.78, 5) is 64.0. The molecule has 2 aromatic rings. The SMILES string of the molecule is Cc1ccc(C(=O)CN(C(=O)c2cccc([N+](=O)[O-])c2)N2C(=O)[C@@H]3[C@H]4CC[C@@H](C4)[C@H]3C2=O)cc1. The molecular weight excluding hydrogens is 438 g/mol. The maximum Gasteiger partial charge on any atom is 0.273 e. The van der Waals surface area contributed by atoms with Gasteiger partial charge in [0.25, 0.3) is 23.4 Å². The Morgan fingerprint density at radius 3 is 2.21 bits per heavy atom. The second-order valence-corrected chi connectivity index (χ2v) is 9.33. The van der Waals surface area contributed by atoms with Crippen molar-refractivity contribution in [1.82, 2.24) is 10.0 Å². The second kappa shape index (κ2) is 8.16. The first kappa shape index (κ1) is 21.9. The van der Waals surface area contributed by atoms with Crippen LogP contribution in [-0.4, -0.2) is 45.0 Å². The lowest BCUT2D eigenvalue weighted by Crippen LogP contribution is -2.52. The standard InChI is InChI=1S/C25H23N3O6/c1-14-5-7-15(8-6-14)20(29)13-26(23(30)18-3-2-4-19(12-18)28(33)34)27-24(31)21-16-9-10-17(11-16)22(21)25(27)32/h2-8,12,16-17,21-22H,9-11,13H2,1H3/t16-,17-,21+,22+/m0/s1. The zero-order chi connectivity index (χ0) is 24.1. The highest BCUT2D eigenvalue weighted by atomic mass is 16.6. The van der Waals surface area contributed by atoms with Gasteiger partial charge in [-0.2, -0.15) is 5.01 Å². The smallest absolute Gasteiger partial charge is 0.273 e. The number of rotatable bonds is 6. The summed E-state index contributed by atoms with van der Waals surface area (Å²) in [6.07, 6.45) is 2.58. The molecular formula is C25H23N3O6. The van der Waals surface area contributed by atoms with E-state index in [9.17, 15) is 29.3 Å². The van der Waals surface area contributed by atoms with Crippen LogP contribution >= 0.6 is 0 Å². The zero-order valence-corrected chi connectivity index (χ0v) is 18.5. The van der Waals surface area contributed by atoms with E-state index >= 15 is 0 Å². The van der Waals surface area contributed by atoms with Gasteiger partial charge in [-0.05, 0) is 44.1 Å². The monoisotopic (exact) mass is 461 g/mol. The normalized spacial score (nSPS) is 24.9. The summed E-state index contributed by atoms with van der Waals surface area (Å²) in [7, 11) is 0. The minimum Gasteiger partial charge on any atom is -0.292 e. The molecule has 1 aliphatic heterocycles. The Hall–Kier alpha value is -3.88. The molecule has 0 N–H and O–H groups in total. The number of imide groups is 1. The summed E-state index contributed by atoms with van der Waals surface area (Å²) in [5.74, 6) is -2.90. The highest BCUT2D eigenvalue weighted by Gasteiger charge is 2.62. The Labute approximate surface area is 195 Å². The summed E-state index contributed by atoms with van der Waals surface area (Å²) in [5.41, 5.74) is 0.910. The summed E-state index contributed by atoms with van der Waals surface area (Å²) in [5, 5.41) is 12.9. The first-order chi connectivity index (χ1) is 16.3. The van der Waals surface area contributed by atoms with Crippen molar-refractivity contribution in [2.24, 2.45) is 23.7 Å². The number of hydrogen-bond acceptors (Lipinski definition) is 6. The molecule has 3 fully saturated rings. The number of nitrogens with zero attached hydrogens (tertiary/aromatic N) is 3. The number of fused-ring (bicyclic) bond motifs is 5. The highest BCUT2D eigenvalue weighted by molar-refractivity contribution is 6.10. The molecule has 3 amide bonds. The number of benzene rings is 2. The quantitative estimate of drug-likeness (QED) is 0.282. The average Bonchev–Trinajstić information content (AvgIpc) is 3.51. The van der Waals surface area contributed by atoms with Crippen LogP contribution < -0.4 is 0 Å². The van der Waals surface area contributed by atoms with E-state index in [2.05, 4.69) is 0 Å². The van der Waals surface area contributed by atoms with E-state index in [0.717, 1.165) is 40.9 Å². The second-order valence-electron chi connectivity index (χ2n) is 9.33. The summed E-state index contributed by atoms with van der Waals surface area (Å²) >= 11 is 0. The van der Waals surface area contributed by atoms with Crippen LogP contribution in [0.2, 0.25) is 0 Å². The van der Waals surface area contributed by atoms with E-state index < -0.39 is 46.8 Å². The Balaban J connectivity index is 1.51. The van der Waals surface area contributed by atoms with Gasteiger partial charge in [0, 0.05) is 23.3 Å². The van der Waals surface area contributed by atoms with Crippen molar-refractivity contribution in [2.75, 3.05) is 6.54 Å². The average molecular weight is 461 g/mol. The van der Waals surface area contributed by atoms with E-state index in [-0.39, 0.29) is 23.1 Å². The van der Waals surface area contributed by atoms with Crippen LogP contribution in [0, 0.1) is 40.7 Å². The predicted molar refractivity (Wildman–Crippen MR) is 119 cm³/mol. The molecule has 4 atom stereocenters. The van der Waals surface area contributed by atoms with Gasteiger partial charge in [0.15, 0.2) is 5.78 Å². The molecule has 3 aliphatic rings. The van der Waals surface area contributed by atoms with Gasteiger partial charge in [0.05, 0.1) is 16.8 Å². The maximum absolute atomic E-state index is 13.5. The number of carbonyl (C=O) groups is 4. The van der Waals surface area contributed by atoms with Crippen molar-refractivity contribution in [3.8, 4) is 0 Å². The van der Waals surface area contributed by atoms with Gasteiger partial charge in [0.1, 0.15) is 6.54 Å². The topological polar surface area (TPSA) is 118 Å². The Morgan fingerprint density at radius 1 is 1.00 bits per heavy atom. The van der Waals surface area contributed by atoms with Crippen LogP contribution in [0.4, 0.5) is 5.69 Å². The van der Waals surface area contributed by atoms with Gasteiger partial charge in [-0.3, -0.25) is 29.3 Å². The maximum atomic E-state index is 13.5. The van der Waals surface area contributed by atoms with E-state index in [0.29, 0.717) is 5.56 Å². The van der Waals surface area contributed by atoms with Crippen molar-refractivity contribution >= 4 is 29.2 Å². The van der Waals surface area contributed by atoms with Gasteiger partial charge < -0.3 is 0 Å². The fourth-order valence-electron chi connectivity index (χ4n) is 5.73. The number of carbonyl (C=O) groups excluding carboxylic acids is 4. The molecule has 1 saturated heterocycles. The van der Waals surface area contributed by atoms with E-state index in [1.165, 1.54) is 18.2 Å². The predicted octanol–water partition coefficient (Wildman–Crippen LogP) is 3.17. The molecule has 0 radical (unpaired) electrons. The van der Waals surface area contributed by atoms with Crippen LogP contribution in [0.1, 0.15) is 45.5 Å². The lowest BCUT2D eigenvalue weighted by Gasteiger charge is -2.30. The molecule has 2 aromatic carbocycles. The Morgan fingerprint density at radius 2 is 1.62 bits per heavy atom. The molecule has 174 valence electrons. The van der Waals surface area contributed by atoms with Gasteiger partial charge >= 0.3 is 0 Å². The van der Waals surface area contributed by atoms with Crippen LogP contribution in [0.25, 0.3) is 0 Å². The zero-order valence-electron chi connectivity index (χ0n) is 18.5. The summed E-state index contributed by atoms with van der Waals surface area (Å²) in [6, 6.07) is 11.8. The van der Waals surface area contributed by atoms with Crippen LogP contribution in [-0.2, 0) is 9.59 Å². The Kier molecular flexibility index (Phi) is 5.27. The number of ketones is 1. The fraction of sp³-hybridized carbons (Fsp3) is 0.360. The number of Topliss-reactive ketones (excluding diaryl/α,β-unsaturated/α-hetero) is 1. The molecule has 2 aliphatic carbocycles. The molecule has 9 heteroatoms. The fourth-order valence-corrected chi connectivity index (χ4v) is 5.73. The number of amides is 3. The summed E-state index contributed by atoms with van der Waals surface area (Å²) < 4.78 is 0. The van der Waals surface area contributed by atoms with Gasteiger partial charge in [-0.1, -0.05) is 35.9 Å². The van der Waals surface area contributed by atoms with E-state index in [1.807, 2.05) is 6.92 Å². The first-order valence-corrected chi connectivity index (χ1v) is 11.3. The highest BCUT2D eigenvalue weighted by Crippen LogP contribution is 2.56. The minimum absolute atomic E-state index is 0.0773. The lowest BCUT2D eigenvalue weighted by molar-refractivity contribution is -0.384. The molecule has 0 aromatic heterocycles. The van der Waals surface area contributed by atoms with Crippen molar-refractivity contribution in [3.05, 3.63) is 75.3 Å². The first-order valence-electron chi connectivity index (χ1n) is 11.3. The third kappa shape index (κ3) is 3.48. The van der Waals surface area contributed by atoms with E-state index in [4.69, 9.17) is 0 Å². The number of aryl methyl sites for hydroxylation is 1. The number of hydrogen-bond donors (Lipinski definition) is 0. The van der Waals surface area contributed by atoms with Gasteiger partial charge in [-0.15, -0.1) is 0 Å².